The molecule has 28 heavy (non-hydrogen) atoms. The van der Waals surface area contributed by atoms with E-state index in [0.29, 0.717) is 0 Å². The number of hydrogen-bond donors (Lipinski definition) is 0. The molecule has 0 aromatic rings. The molecule has 0 radical (unpaired) electrons. The van der Waals surface area contributed by atoms with Crippen LogP contribution in [0.2, 0.25) is 104 Å². The van der Waals surface area contributed by atoms with E-state index in [0.717, 1.165) is 0 Å². The summed E-state index contributed by atoms with van der Waals surface area (Å²) in [6.07, 6.45) is 1.24. The Bertz CT molecular complexity index is 479. The van der Waals surface area contributed by atoms with Crippen molar-refractivity contribution >= 4 is 50.2 Å². The molecule has 0 bridgehead atoms. The Morgan fingerprint density at radius 3 is 1.29 bits per heavy atom. The third kappa shape index (κ3) is 12.7. The Kier molecular flexibility index (Phi) is 10.1. The Balaban J connectivity index is 4.90. The van der Waals surface area contributed by atoms with Gasteiger partial charge in [-0.1, -0.05) is 39.3 Å². The highest BCUT2D eigenvalue weighted by atomic mass is 28.5. The molecule has 0 aromatic heterocycles. The van der Waals surface area contributed by atoms with Gasteiger partial charge in [-0.05, 0) is 77.9 Å². The first-order valence-corrected chi connectivity index (χ1v) is 29.9. The summed E-state index contributed by atoms with van der Waals surface area (Å²) in [5.41, 5.74) is 0. The number of rotatable bonds is 12. The van der Waals surface area contributed by atoms with E-state index in [1.165, 1.54) is 19.0 Å². The van der Waals surface area contributed by atoms with Gasteiger partial charge in [0.25, 0.3) is 0 Å². The van der Waals surface area contributed by atoms with E-state index in [1.807, 2.05) is 0 Å². The smallest absolute Gasteiger partial charge is 0.312 e. The van der Waals surface area contributed by atoms with Crippen molar-refractivity contribution in [3.8, 4) is 0 Å². The molecule has 0 rings (SSSR count). The van der Waals surface area contributed by atoms with Crippen LogP contribution in [0.3, 0.4) is 0 Å². The minimum absolute atomic E-state index is 1.20. The molecule has 0 N–H and O–H groups in total. The molecule has 0 atom stereocenters. The van der Waals surface area contributed by atoms with Crippen molar-refractivity contribution in [3.63, 3.8) is 0 Å². The zero-order valence-electron chi connectivity index (χ0n) is 21.8. The average Bonchev–Trinajstić information content (AvgIpc) is 2.24. The average molecular weight is 498 g/mol. The monoisotopic (exact) mass is 497 g/mol. The summed E-state index contributed by atoms with van der Waals surface area (Å²) in [6, 6.07) is 1.20. The van der Waals surface area contributed by atoms with Gasteiger partial charge in [0.15, 0.2) is 16.6 Å². The molecule has 0 saturated carbocycles. The molecule has 0 aliphatic heterocycles. The fourth-order valence-electron chi connectivity index (χ4n) is 4.43. The standard InChI is InChI=1S/C18H51NO3Si6/c1-23(2,3)19(24(4,5)6)17-16-18-26(10,11)21-28(14,15)22-27(12,13)20-25(7,8)9/h16-18H2,1-15H3. The van der Waals surface area contributed by atoms with E-state index in [2.05, 4.69) is 102 Å². The van der Waals surface area contributed by atoms with Crippen molar-refractivity contribution < 1.29 is 12.3 Å². The fourth-order valence-corrected chi connectivity index (χ4v) is 32.6. The van der Waals surface area contributed by atoms with Gasteiger partial charge in [0.1, 0.15) is 16.5 Å². The summed E-state index contributed by atoms with van der Waals surface area (Å²) in [6.45, 7) is 36.4. The van der Waals surface area contributed by atoms with Crippen LogP contribution in [-0.2, 0) is 12.3 Å². The van der Waals surface area contributed by atoms with Crippen LogP contribution in [0.15, 0.2) is 0 Å². The highest BCUT2D eigenvalue weighted by Gasteiger charge is 2.42. The highest BCUT2D eigenvalue weighted by Crippen LogP contribution is 2.27. The van der Waals surface area contributed by atoms with E-state index >= 15 is 0 Å². The molecular formula is C18H51NO3Si6. The van der Waals surface area contributed by atoms with Gasteiger partial charge < -0.3 is 16.6 Å². The van der Waals surface area contributed by atoms with Crippen molar-refractivity contribution in [1.82, 2.24) is 4.23 Å². The molecule has 0 saturated heterocycles. The van der Waals surface area contributed by atoms with Crippen LogP contribution in [0.1, 0.15) is 6.42 Å². The summed E-state index contributed by atoms with van der Waals surface area (Å²) in [5.74, 6) is 0. The molecule has 0 aliphatic rings. The lowest BCUT2D eigenvalue weighted by atomic mass is 10.5. The normalized spacial score (nSPS) is 15.4. The Morgan fingerprint density at radius 2 is 0.929 bits per heavy atom. The van der Waals surface area contributed by atoms with Gasteiger partial charge >= 0.3 is 17.1 Å². The zero-order chi connectivity index (χ0) is 22.8. The first-order valence-electron chi connectivity index (χ1n) is 10.8. The van der Waals surface area contributed by atoms with Crippen LogP contribution < -0.4 is 0 Å². The van der Waals surface area contributed by atoms with Crippen LogP contribution in [0, 0.1) is 0 Å². The van der Waals surface area contributed by atoms with E-state index in [9.17, 15) is 0 Å². The topological polar surface area (TPSA) is 30.9 Å². The predicted molar refractivity (Wildman–Crippen MR) is 142 cm³/mol. The molecule has 170 valence electrons. The lowest BCUT2D eigenvalue weighted by Crippen LogP contribution is -2.59. The fraction of sp³-hybridized carbons (Fsp3) is 1.00. The van der Waals surface area contributed by atoms with Gasteiger partial charge in [-0.2, -0.15) is 0 Å². The number of nitrogens with zero attached hydrogens (tertiary/aromatic N) is 1. The Morgan fingerprint density at radius 1 is 0.536 bits per heavy atom. The maximum atomic E-state index is 6.76. The molecule has 0 unspecified atom stereocenters. The zero-order valence-corrected chi connectivity index (χ0v) is 27.8. The summed E-state index contributed by atoms with van der Waals surface area (Å²) >= 11 is 0. The van der Waals surface area contributed by atoms with Crippen molar-refractivity contribution in [1.29, 1.82) is 0 Å². The molecule has 0 fully saturated rings. The molecular weight excluding hydrogens is 447 g/mol. The van der Waals surface area contributed by atoms with Gasteiger partial charge in [0, 0.05) is 0 Å². The summed E-state index contributed by atoms with van der Waals surface area (Å²) in [4.78, 5) is 0. The minimum atomic E-state index is -2.20. The second-order valence-corrected chi connectivity index (χ2v) is 39.1. The summed E-state index contributed by atoms with van der Waals surface area (Å²) in [7, 11) is -10.3. The third-order valence-corrected chi connectivity index (χ3v) is 26.1. The number of hydrogen-bond acceptors (Lipinski definition) is 4. The quantitative estimate of drug-likeness (QED) is 0.276. The van der Waals surface area contributed by atoms with Crippen molar-refractivity contribution in [3.05, 3.63) is 0 Å². The lowest BCUT2D eigenvalue weighted by Gasteiger charge is -2.44. The predicted octanol–water partition coefficient (Wildman–Crippen LogP) is 6.84. The van der Waals surface area contributed by atoms with Gasteiger partial charge in [-0.25, -0.2) is 0 Å². The van der Waals surface area contributed by atoms with Crippen LogP contribution in [0.4, 0.5) is 0 Å². The summed E-state index contributed by atoms with van der Waals surface area (Å²) < 4.78 is 22.6. The SMILES string of the molecule is C[Si](C)(C)O[Si](C)(C)O[Si](C)(C)O[Si](C)(C)CCCN([Si](C)(C)C)[Si](C)(C)C. The lowest BCUT2D eigenvalue weighted by molar-refractivity contribution is 0.329. The molecule has 0 aromatic carbocycles. The molecule has 0 amide bonds. The summed E-state index contributed by atoms with van der Waals surface area (Å²) in [5, 5.41) is 0. The van der Waals surface area contributed by atoms with Crippen LogP contribution >= 0.6 is 0 Å². The first kappa shape index (κ1) is 29.1. The van der Waals surface area contributed by atoms with Crippen molar-refractivity contribution in [2.75, 3.05) is 6.54 Å². The largest absolute Gasteiger partial charge is 0.437 e. The molecule has 0 aliphatic carbocycles. The van der Waals surface area contributed by atoms with E-state index < -0.39 is 50.2 Å². The minimum Gasteiger partial charge on any atom is -0.437 e. The molecule has 4 nitrogen and oxygen atoms in total. The second-order valence-electron chi connectivity index (χ2n) is 12.6. The van der Waals surface area contributed by atoms with Crippen molar-refractivity contribution in [2.24, 2.45) is 0 Å². The first-order chi connectivity index (χ1) is 12.0. The van der Waals surface area contributed by atoms with Gasteiger partial charge in [0.2, 0.25) is 0 Å². The van der Waals surface area contributed by atoms with Crippen LogP contribution in [-0.4, -0.2) is 61.0 Å². The Labute approximate surface area is 183 Å². The van der Waals surface area contributed by atoms with E-state index in [-0.39, 0.29) is 0 Å². The second kappa shape index (κ2) is 9.74. The highest BCUT2D eigenvalue weighted by molar-refractivity contribution is 6.90. The third-order valence-electron chi connectivity index (χ3n) is 4.35. The van der Waals surface area contributed by atoms with Crippen LogP contribution in [0.5, 0.6) is 0 Å². The Hall–Kier alpha value is 1.14. The maximum absolute atomic E-state index is 6.76. The van der Waals surface area contributed by atoms with Gasteiger partial charge in [0.05, 0.1) is 0 Å². The van der Waals surface area contributed by atoms with Gasteiger partial charge in [-0.15, -0.1) is 0 Å². The van der Waals surface area contributed by atoms with E-state index in [1.54, 1.807) is 0 Å². The van der Waals surface area contributed by atoms with Crippen molar-refractivity contribution in [2.45, 2.75) is 111 Å². The maximum Gasteiger partial charge on any atom is 0.312 e. The van der Waals surface area contributed by atoms with Crippen LogP contribution in [0.25, 0.3) is 0 Å². The van der Waals surface area contributed by atoms with Gasteiger partial charge in [-0.3, -0.25) is 0 Å². The van der Waals surface area contributed by atoms with E-state index in [4.69, 9.17) is 12.3 Å². The molecule has 10 heteroatoms. The molecule has 0 heterocycles. The molecule has 0 spiro atoms.